The fraction of sp³-hybridized carbons (Fsp3) is 0.846. The summed E-state index contributed by atoms with van der Waals surface area (Å²) in [7, 11) is 0. The third-order valence-electron chi connectivity index (χ3n) is 3.29. The highest BCUT2D eigenvalue weighted by molar-refractivity contribution is 5.77. The van der Waals surface area contributed by atoms with Crippen LogP contribution in [0.15, 0.2) is 0 Å². The summed E-state index contributed by atoms with van der Waals surface area (Å²) in [5.74, 6) is -1.27. The smallest absolute Gasteiger partial charge is 0.306 e. The summed E-state index contributed by atoms with van der Waals surface area (Å²) in [5, 5.41) is 14.7. The number of ether oxygens (including phenoxy) is 1. The summed E-state index contributed by atoms with van der Waals surface area (Å²) in [6.45, 7) is 4.16. The Morgan fingerprint density at radius 2 is 2.11 bits per heavy atom. The monoisotopic (exact) mass is 272 g/mol. The molecular weight excluding hydrogens is 248 g/mol. The van der Waals surface area contributed by atoms with E-state index in [0.29, 0.717) is 19.4 Å². The summed E-state index contributed by atoms with van der Waals surface area (Å²) < 4.78 is 5.51. The Hall–Kier alpha value is -1.14. The average Bonchev–Trinajstić information content (AvgIpc) is 2.42. The molecule has 1 saturated heterocycles. The van der Waals surface area contributed by atoms with Crippen molar-refractivity contribution in [1.82, 2.24) is 10.6 Å². The molecule has 1 aliphatic heterocycles. The van der Waals surface area contributed by atoms with Crippen molar-refractivity contribution in [1.29, 1.82) is 0 Å². The minimum atomic E-state index is -0.791. The van der Waals surface area contributed by atoms with E-state index in [2.05, 4.69) is 10.6 Å². The number of piperidine rings is 1. The van der Waals surface area contributed by atoms with Crippen molar-refractivity contribution in [2.75, 3.05) is 26.2 Å². The van der Waals surface area contributed by atoms with Gasteiger partial charge < -0.3 is 20.5 Å². The number of carboxylic acid groups (broad SMARTS) is 1. The number of hydrogen-bond acceptors (Lipinski definition) is 4. The molecule has 0 bridgehead atoms. The Bertz CT molecular complexity index is 290. The van der Waals surface area contributed by atoms with Crippen LogP contribution in [0.1, 0.15) is 32.6 Å². The predicted molar refractivity (Wildman–Crippen MR) is 70.9 cm³/mol. The van der Waals surface area contributed by atoms with Gasteiger partial charge in [0.2, 0.25) is 5.91 Å². The molecule has 6 nitrogen and oxygen atoms in total. The van der Waals surface area contributed by atoms with E-state index in [1.807, 2.05) is 0 Å². The van der Waals surface area contributed by atoms with Gasteiger partial charge in [-0.25, -0.2) is 0 Å². The zero-order chi connectivity index (χ0) is 14.1. The van der Waals surface area contributed by atoms with Crippen LogP contribution < -0.4 is 10.6 Å². The summed E-state index contributed by atoms with van der Waals surface area (Å²) in [6.07, 6.45) is 3.32. The highest BCUT2D eigenvalue weighted by Gasteiger charge is 2.15. The van der Waals surface area contributed by atoms with Crippen molar-refractivity contribution in [2.24, 2.45) is 5.92 Å². The van der Waals surface area contributed by atoms with E-state index < -0.39 is 5.97 Å². The van der Waals surface area contributed by atoms with E-state index >= 15 is 0 Å². The Morgan fingerprint density at radius 3 is 2.74 bits per heavy atom. The zero-order valence-electron chi connectivity index (χ0n) is 11.5. The van der Waals surface area contributed by atoms with Crippen LogP contribution in [0.3, 0.4) is 0 Å². The van der Waals surface area contributed by atoms with Crippen molar-refractivity contribution in [3.05, 3.63) is 0 Å². The largest absolute Gasteiger partial charge is 0.481 e. The maximum atomic E-state index is 11.5. The molecule has 0 aromatic carbocycles. The third-order valence-corrected chi connectivity index (χ3v) is 3.29. The molecule has 19 heavy (non-hydrogen) atoms. The summed E-state index contributed by atoms with van der Waals surface area (Å²) in [5.41, 5.74) is 0. The van der Waals surface area contributed by atoms with Gasteiger partial charge >= 0.3 is 5.97 Å². The minimum Gasteiger partial charge on any atom is -0.481 e. The third kappa shape index (κ3) is 7.12. The molecule has 0 spiro atoms. The van der Waals surface area contributed by atoms with E-state index in [4.69, 9.17) is 9.84 Å². The van der Waals surface area contributed by atoms with Crippen molar-refractivity contribution in [3.63, 3.8) is 0 Å². The lowest BCUT2D eigenvalue weighted by Gasteiger charge is -2.22. The van der Waals surface area contributed by atoms with Crippen LogP contribution in [0.5, 0.6) is 0 Å². The van der Waals surface area contributed by atoms with E-state index in [-0.39, 0.29) is 24.5 Å². The highest BCUT2D eigenvalue weighted by Crippen LogP contribution is 2.07. The number of carboxylic acids is 1. The first-order chi connectivity index (χ1) is 9.09. The van der Waals surface area contributed by atoms with E-state index in [9.17, 15) is 9.59 Å². The van der Waals surface area contributed by atoms with Crippen molar-refractivity contribution in [2.45, 2.75) is 38.7 Å². The van der Waals surface area contributed by atoms with Crippen LogP contribution in [0, 0.1) is 5.92 Å². The minimum absolute atomic E-state index is 0.0964. The topological polar surface area (TPSA) is 87.7 Å². The lowest BCUT2D eigenvalue weighted by molar-refractivity contribution is -0.141. The number of aliphatic carboxylic acids is 1. The van der Waals surface area contributed by atoms with Gasteiger partial charge in [0.05, 0.1) is 12.0 Å². The molecule has 0 aliphatic carbocycles. The van der Waals surface area contributed by atoms with E-state index in [0.717, 1.165) is 25.9 Å². The molecular formula is C13H24N2O4. The Balaban J connectivity index is 2.00. The zero-order valence-corrected chi connectivity index (χ0v) is 11.5. The molecule has 3 N–H and O–H groups in total. The fourth-order valence-electron chi connectivity index (χ4n) is 1.97. The van der Waals surface area contributed by atoms with Gasteiger partial charge in [-0.15, -0.1) is 0 Å². The Labute approximate surface area is 113 Å². The fourth-order valence-corrected chi connectivity index (χ4v) is 1.97. The van der Waals surface area contributed by atoms with Crippen molar-refractivity contribution in [3.8, 4) is 0 Å². The molecule has 1 atom stereocenters. The number of amides is 1. The second-order valence-corrected chi connectivity index (χ2v) is 4.99. The standard InChI is InChI=1S/C13H24N2O4/c1-10(13(17)18)3-2-6-15-12(16)9-19-11-4-7-14-8-5-11/h10-11,14H,2-9H2,1H3,(H,15,16)(H,17,18). The first-order valence-corrected chi connectivity index (χ1v) is 6.91. The van der Waals surface area contributed by atoms with Gasteiger partial charge in [0.25, 0.3) is 0 Å². The number of carbonyl (C=O) groups excluding carboxylic acids is 1. The molecule has 110 valence electrons. The quantitative estimate of drug-likeness (QED) is 0.556. The van der Waals surface area contributed by atoms with Crippen LogP contribution >= 0.6 is 0 Å². The second kappa shape index (κ2) is 8.87. The molecule has 1 unspecified atom stereocenters. The molecule has 1 amide bonds. The number of rotatable bonds is 8. The van der Waals surface area contributed by atoms with Gasteiger partial charge in [-0.2, -0.15) is 0 Å². The van der Waals surface area contributed by atoms with Crippen LogP contribution in [-0.2, 0) is 14.3 Å². The van der Waals surface area contributed by atoms with Gasteiger partial charge in [0, 0.05) is 6.54 Å². The average molecular weight is 272 g/mol. The van der Waals surface area contributed by atoms with Gasteiger partial charge in [-0.05, 0) is 38.8 Å². The molecule has 6 heteroatoms. The van der Waals surface area contributed by atoms with Crippen LogP contribution in [0.2, 0.25) is 0 Å². The number of carbonyl (C=O) groups is 2. The van der Waals surface area contributed by atoms with Gasteiger partial charge in [-0.1, -0.05) is 6.92 Å². The molecule has 0 aromatic heterocycles. The normalized spacial score (nSPS) is 17.9. The predicted octanol–water partition coefficient (Wildman–Crippen LogP) is 0.372. The number of hydrogen-bond donors (Lipinski definition) is 3. The molecule has 1 heterocycles. The summed E-state index contributed by atoms with van der Waals surface area (Å²) in [4.78, 5) is 22.1. The second-order valence-electron chi connectivity index (χ2n) is 4.99. The van der Waals surface area contributed by atoms with Gasteiger partial charge in [0.1, 0.15) is 6.61 Å². The Kier molecular flexibility index (Phi) is 7.43. The lowest BCUT2D eigenvalue weighted by Crippen LogP contribution is -2.36. The van der Waals surface area contributed by atoms with Gasteiger partial charge in [0.15, 0.2) is 0 Å². The van der Waals surface area contributed by atoms with Crippen LogP contribution in [0.4, 0.5) is 0 Å². The molecule has 0 aromatic rings. The maximum absolute atomic E-state index is 11.5. The molecule has 1 rings (SSSR count). The van der Waals surface area contributed by atoms with Gasteiger partial charge in [-0.3, -0.25) is 9.59 Å². The maximum Gasteiger partial charge on any atom is 0.306 e. The first kappa shape index (κ1) is 15.9. The number of nitrogens with one attached hydrogen (secondary N) is 2. The van der Waals surface area contributed by atoms with E-state index in [1.165, 1.54) is 0 Å². The molecule has 1 aliphatic rings. The summed E-state index contributed by atoms with van der Waals surface area (Å²) in [6, 6.07) is 0. The van der Waals surface area contributed by atoms with Crippen molar-refractivity contribution >= 4 is 11.9 Å². The SMILES string of the molecule is CC(CCCNC(=O)COC1CCNCC1)C(=O)O. The van der Waals surface area contributed by atoms with Crippen LogP contribution in [0.25, 0.3) is 0 Å². The van der Waals surface area contributed by atoms with E-state index in [1.54, 1.807) is 6.92 Å². The molecule has 1 fully saturated rings. The summed E-state index contributed by atoms with van der Waals surface area (Å²) >= 11 is 0. The van der Waals surface area contributed by atoms with Crippen molar-refractivity contribution < 1.29 is 19.4 Å². The lowest BCUT2D eigenvalue weighted by atomic mass is 10.1. The molecule has 0 saturated carbocycles. The molecule has 0 radical (unpaired) electrons. The highest BCUT2D eigenvalue weighted by atomic mass is 16.5. The van der Waals surface area contributed by atoms with Crippen LogP contribution in [-0.4, -0.2) is 49.3 Å². The first-order valence-electron chi connectivity index (χ1n) is 6.91. The Morgan fingerprint density at radius 1 is 1.42 bits per heavy atom.